The number of rotatable bonds is 5. The topological polar surface area (TPSA) is 49.9 Å². The Morgan fingerprint density at radius 1 is 1.29 bits per heavy atom. The highest BCUT2D eigenvalue weighted by Crippen LogP contribution is 2.15. The van der Waals surface area contributed by atoms with Gasteiger partial charge in [-0.1, -0.05) is 12.1 Å². The fourth-order valence-electron chi connectivity index (χ4n) is 2.25. The maximum Gasteiger partial charge on any atom is 0.242 e. The first-order valence-electron chi connectivity index (χ1n) is 6.81. The van der Waals surface area contributed by atoms with Crippen LogP contribution in [-0.2, 0) is 16.1 Å². The van der Waals surface area contributed by atoms with E-state index in [1.807, 2.05) is 30.5 Å². The second-order valence-electron chi connectivity index (χ2n) is 4.91. The summed E-state index contributed by atoms with van der Waals surface area (Å²) in [5.41, 5.74) is 1.06. The van der Waals surface area contributed by atoms with Gasteiger partial charge in [0.05, 0.1) is 19.4 Å². The van der Waals surface area contributed by atoms with Crippen LogP contribution in [0.4, 0.5) is 0 Å². The van der Waals surface area contributed by atoms with E-state index in [1.165, 1.54) is 11.8 Å². The molecule has 0 radical (unpaired) electrons. The predicted molar refractivity (Wildman–Crippen MR) is 83.4 cm³/mol. The van der Waals surface area contributed by atoms with E-state index in [-0.39, 0.29) is 18.4 Å². The number of piperazine rings is 1. The van der Waals surface area contributed by atoms with Gasteiger partial charge in [0.2, 0.25) is 11.8 Å². The monoisotopic (exact) mass is 308 g/mol. The van der Waals surface area contributed by atoms with E-state index in [9.17, 15) is 9.59 Å². The summed E-state index contributed by atoms with van der Waals surface area (Å²) in [5, 5.41) is 0. The number of nitrogens with zero attached hydrogens (tertiary/aromatic N) is 2. The third kappa shape index (κ3) is 4.14. The molecular formula is C15H20N2O3S. The van der Waals surface area contributed by atoms with Gasteiger partial charge >= 0.3 is 0 Å². The quantitative estimate of drug-likeness (QED) is 0.821. The zero-order valence-corrected chi connectivity index (χ0v) is 13.2. The minimum absolute atomic E-state index is 0.00604. The zero-order chi connectivity index (χ0) is 15.2. The molecule has 1 aromatic rings. The molecule has 2 rings (SSSR count). The van der Waals surface area contributed by atoms with Crippen molar-refractivity contribution >= 4 is 23.6 Å². The smallest absolute Gasteiger partial charge is 0.242 e. The van der Waals surface area contributed by atoms with Crippen LogP contribution in [0, 0.1) is 0 Å². The molecule has 1 aliphatic heterocycles. The fourth-order valence-corrected chi connectivity index (χ4v) is 2.68. The van der Waals surface area contributed by atoms with Crippen molar-refractivity contribution in [3.05, 3.63) is 29.8 Å². The normalized spacial score (nSPS) is 15.2. The molecule has 21 heavy (non-hydrogen) atoms. The number of methoxy groups -OCH3 is 1. The number of carbonyl (C=O) groups excluding carboxylic acids is 2. The molecule has 0 atom stereocenters. The summed E-state index contributed by atoms with van der Waals surface area (Å²) in [5.74, 6) is 1.29. The third-order valence-electron chi connectivity index (χ3n) is 3.47. The van der Waals surface area contributed by atoms with Crippen LogP contribution in [0.25, 0.3) is 0 Å². The highest BCUT2D eigenvalue weighted by molar-refractivity contribution is 7.99. The van der Waals surface area contributed by atoms with E-state index in [0.29, 0.717) is 25.4 Å². The maximum absolute atomic E-state index is 12.1. The Hall–Kier alpha value is -1.69. The first-order valence-corrected chi connectivity index (χ1v) is 8.21. The summed E-state index contributed by atoms with van der Waals surface area (Å²) >= 11 is 1.48. The molecule has 1 aromatic carbocycles. The van der Waals surface area contributed by atoms with E-state index >= 15 is 0 Å². The third-order valence-corrected chi connectivity index (χ3v) is 4.01. The summed E-state index contributed by atoms with van der Waals surface area (Å²) in [6.45, 7) is 1.97. The number of hydrogen-bond donors (Lipinski definition) is 0. The van der Waals surface area contributed by atoms with Crippen LogP contribution in [0.1, 0.15) is 5.56 Å². The second kappa shape index (κ2) is 7.36. The first-order chi connectivity index (χ1) is 10.1. The van der Waals surface area contributed by atoms with Crippen LogP contribution in [0.2, 0.25) is 0 Å². The van der Waals surface area contributed by atoms with Gasteiger partial charge in [-0.05, 0) is 24.0 Å². The first kappa shape index (κ1) is 15.7. The van der Waals surface area contributed by atoms with E-state index in [0.717, 1.165) is 11.3 Å². The van der Waals surface area contributed by atoms with Crippen molar-refractivity contribution < 1.29 is 14.3 Å². The number of carbonyl (C=O) groups is 2. The molecule has 0 aromatic heterocycles. The summed E-state index contributed by atoms with van der Waals surface area (Å²) in [6.07, 6.45) is 1.89. The van der Waals surface area contributed by atoms with Crippen LogP contribution in [0.3, 0.4) is 0 Å². The van der Waals surface area contributed by atoms with Crippen molar-refractivity contribution in [2.45, 2.75) is 6.54 Å². The molecule has 1 aliphatic rings. The van der Waals surface area contributed by atoms with Crippen LogP contribution in [-0.4, -0.2) is 60.4 Å². The van der Waals surface area contributed by atoms with E-state index in [4.69, 9.17) is 4.74 Å². The average molecular weight is 308 g/mol. The minimum atomic E-state index is 0.00604. The Morgan fingerprint density at radius 2 is 2.00 bits per heavy atom. The molecule has 1 heterocycles. The molecule has 0 bridgehead atoms. The highest BCUT2D eigenvalue weighted by Gasteiger charge is 2.26. The number of benzene rings is 1. The molecule has 1 fully saturated rings. The lowest BCUT2D eigenvalue weighted by atomic mass is 10.2. The average Bonchev–Trinajstić information content (AvgIpc) is 2.50. The summed E-state index contributed by atoms with van der Waals surface area (Å²) in [7, 11) is 1.63. The van der Waals surface area contributed by atoms with Crippen molar-refractivity contribution in [1.82, 2.24) is 9.80 Å². The molecule has 0 saturated carbocycles. The van der Waals surface area contributed by atoms with Gasteiger partial charge in [-0.15, -0.1) is 0 Å². The van der Waals surface area contributed by atoms with Gasteiger partial charge in [-0.2, -0.15) is 11.8 Å². The van der Waals surface area contributed by atoms with Gasteiger partial charge in [0.1, 0.15) is 5.75 Å². The van der Waals surface area contributed by atoms with Crippen molar-refractivity contribution in [3.63, 3.8) is 0 Å². The SMILES string of the molecule is COc1ccc(CN2CCN(C(=O)CSC)CC2=O)cc1. The maximum atomic E-state index is 12.1. The highest BCUT2D eigenvalue weighted by atomic mass is 32.2. The van der Waals surface area contributed by atoms with E-state index < -0.39 is 0 Å². The molecule has 6 heteroatoms. The molecule has 114 valence electrons. The summed E-state index contributed by atoms with van der Waals surface area (Å²) in [4.78, 5) is 27.4. The molecule has 0 aliphatic carbocycles. The van der Waals surface area contributed by atoms with Gasteiger partial charge < -0.3 is 14.5 Å². The van der Waals surface area contributed by atoms with Crippen LogP contribution < -0.4 is 4.74 Å². The van der Waals surface area contributed by atoms with Crippen molar-refractivity contribution in [3.8, 4) is 5.75 Å². The van der Waals surface area contributed by atoms with Gasteiger partial charge in [0, 0.05) is 19.6 Å². The fraction of sp³-hybridized carbons (Fsp3) is 0.467. The van der Waals surface area contributed by atoms with E-state index in [2.05, 4.69) is 0 Å². The van der Waals surface area contributed by atoms with Gasteiger partial charge in [0.15, 0.2) is 0 Å². The van der Waals surface area contributed by atoms with Crippen LogP contribution in [0.15, 0.2) is 24.3 Å². The summed E-state index contributed by atoms with van der Waals surface area (Å²) < 4.78 is 5.12. The minimum Gasteiger partial charge on any atom is -0.497 e. The molecule has 1 saturated heterocycles. The Balaban J connectivity index is 1.91. The van der Waals surface area contributed by atoms with Crippen LogP contribution in [0.5, 0.6) is 5.75 Å². The zero-order valence-electron chi connectivity index (χ0n) is 12.4. The predicted octanol–water partition coefficient (Wildman–Crippen LogP) is 1.23. The summed E-state index contributed by atoms with van der Waals surface area (Å²) in [6, 6.07) is 7.69. The molecule has 5 nitrogen and oxygen atoms in total. The lowest BCUT2D eigenvalue weighted by Gasteiger charge is -2.34. The van der Waals surface area contributed by atoms with Crippen LogP contribution >= 0.6 is 11.8 Å². The Kier molecular flexibility index (Phi) is 5.50. The Labute approximate surface area is 129 Å². The second-order valence-corrected chi connectivity index (χ2v) is 5.78. The Morgan fingerprint density at radius 3 is 2.57 bits per heavy atom. The Bertz CT molecular complexity index is 504. The van der Waals surface area contributed by atoms with Gasteiger partial charge in [0.25, 0.3) is 0 Å². The van der Waals surface area contributed by atoms with E-state index in [1.54, 1.807) is 16.9 Å². The molecule has 0 unspecified atom stereocenters. The van der Waals surface area contributed by atoms with Crippen molar-refractivity contribution in [2.24, 2.45) is 0 Å². The largest absolute Gasteiger partial charge is 0.497 e. The van der Waals surface area contributed by atoms with Crippen molar-refractivity contribution in [2.75, 3.05) is 38.8 Å². The van der Waals surface area contributed by atoms with Gasteiger partial charge in [-0.3, -0.25) is 9.59 Å². The molecular weight excluding hydrogens is 288 g/mol. The molecule has 0 spiro atoms. The number of ether oxygens (including phenoxy) is 1. The lowest BCUT2D eigenvalue weighted by molar-refractivity contribution is -0.144. The number of hydrogen-bond acceptors (Lipinski definition) is 4. The van der Waals surface area contributed by atoms with Gasteiger partial charge in [-0.25, -0.2) is 0 Å². The van der Waals surface area contributed by atoms with Crippen molar-refractivity contribution in [1.29, 1.82) is 0 Å². The molecule has 2 amide bonds. The lowest BCUT2D eigenvalue weighted by Crippen LogP contribution is -2.52. The number of amides is 2. The number of thioether (sulfide) groups is 1. The standard InChI is InChI=1S/C15H20N2O3S/c1-20-13-5-3-12(4-6-13)9-16-7-8-17(10-14(16)18)15(19)11-21-2/h3-6H,7-11H2,1-2H3. The molecule has 0 N–H and O–H groups in total.